The van der Waals surface area contributed by atoms with E-state index in [-0.39, 0.29) is 0 Å². The number of thiol groups is 1. The van der Waals surface area contributed by atoms with Gasteiger partial charge in [0.25, 0.3) is 0 Å². The summed E-state index contributed by atoms with van der Waals surface area (Å²) >= 11 is 4.19. The summed E-state index contributed by atoms with van der Waals surface area (Å²) in [7, 11) is 0. The van der Waals surface area contributed by atoms with Crippen LogP contribution in [0, 0.1) is 19.3 Å². The fourth-order valence-electron chi connectivity index (χ4n) is 1.05. The van der Waals surface area contributed by atoms with Crippen molar-refractivity contribution in [2.24, 2.45) is 0 Å². The van der Waals surface area contributed by atoms with Crippen LogP contribution in [0.4, 0.5) is 5.69 Å². The van der Waals surface area contributed by atoms with Crippen molar-refractivity contribution in [1.82, 2.24) is 0 Å². The Morgan fingerprint density at radius 1 is 1.58 bits per heavy atom. The van der Waals surface area contributed by atoms with Crippen LogP contribution in [0.2, 0.25) is 0 Å². The molecule has 2 heteroatoms. The van der Waals surface area contributed by atoms with Crippen LogP contribution in [0.5, 0.6) is 0 Å². The molecule has 0 atom stereocenters. The van der Waals surface area contributed by atoms with E-state index < -0.39 is 0 Å². The summed E-state index contributed by atoms with van der Waals surface area (Å²) in [4.78, 5) is 0. The smallest absolute Gasteiger partial charge is 0.0359 e. The highest BCUT2D eigenvalue weighted by Gasteiger charge is 2.01. The fourth-order valence-corrected chi connectivity index (χ4v) is 1.37. The number of rotatable bonds is 1. The van der Waals surface area contributed by atoms with Crippen LogP contribution in [0.1, 0.15) is 16.7 Å². The molecule has 0 radical (unpaired) electrons. The summed E-state index contributed by atoms with van der Waals surface area (Å²) in [5.74, 6) is 3.23. The molecule has 0 aliphatic carbocycles. The summed E-state index contributed by atoms with van der Waals surface area (Å²) in [5.41, 5.74) is 9.49. The number of nitrogens with two attached hydrogens (primary N) is 1. The third kappa shape index (κ3) is 1.57. The van der Waals surface area contributed by atoms with Crippen LogP contribution in [-0.2, 0) is 5.75 Å². The molecule has 0 bridgehead atoms. The molecule has 0 saturated heterocycles. The highest BCUT2D eigenvalue weighted by atomic mass is 32.1. The first-order valence-electron chi connectivity index (χ1n) is 3.65. The summed E-state index contributed by atoms with van der Waals surface area (Å²) in [6.07, 6.45) is 5.26. The van der Waals surface area contributed by atoms with E-state index in [9.17, 15) is 0 Å². The van der Waals surface area contributed by atoms with Gasteiger partial charge in [0.2, 0.25) is 0 Å². The summed E-state index contributed by atoms with van der Waals surface area (Å²) in [6.45, 7) is 1.97. The first kappa shape index (κ1) is 9.02. The molecule has 0 saturated carbocycles. The largest absolute Gasteiger partial charge is 0.398 e. The van der Waals surface area contributed by atoms with Crippen molar-refractivity contribution in [3.05, 3.63) is 28.8 Å². The van der Waals surface area contributed by atoms with Crippen LogP contribution >= 0.6 is 12.6 Å². The zero-order chi connectivity index (χ0) is 9.14. The molecule has 1 nitrogen and oxygen atoms in total. The maximum Gasteiger partial charge on any atom is 0.0359 e. The molecule has 1 aromatic carbocycles. The first-order chi connectivity index (χ1) is 5.69. The van der Waals surface area contributed by atoms with Gasteiger partial charge in [0, 0.05) is 17.0 Å². The molecular formula is C10H11NS. The number of benzene rings is 1. The van der Waals surface area contributed by atoms with E-state index in [4.69, 9.17) is 12.2 Å². The van der Waals surface area contributed by atoms with Crippen LogP contribution in [0.25, 0.3) is 0 Å². The molecular weight excluding hydrogens is 166 g/mol. The Morgan fingerprint density at radius 3 is 2.75 bits per heavy atom. The standard InChI is InChI=1S/C10H11NS/c1-3-8-4-9(6-12)7(2)10(11)5-8/h1,4-5,12H,6,11H2,2H3. The van der Waals surface area contributed by atoms with Gasteiger partial charge >= 0.3 is 0 Å². The van der Waals surface area contributed by atoms with Gasteiger partial charge in [-0.05, 0) is 30.2 Å². The average Bonchev–Trinajstić information content (AvgIpc) is 2.09. The Bertz CT molecular complexity index is 336. The van der Waals surface area contributed by atoms with E-state index in [1.807, 2.05) is 19.1 Å². The SMILES string of the molecule is C#Cc1cc(N)c(C)c(CS)c1. The third-order valence-corrected chi connectivity index (χ3v) is 2.23. The molecule has 0 aromatic heterocycles. The number of hydrogen-bond donors (Lipinski definition) is 2. The lowest BCUT2D eigenvalue weighted by Gasteiger charge is -2.06. The average molecular weight is 177 g/mol. The summed E-state index contributed by atoms with van der Waals surface area (Å²) in [6, 6.07) is 3.75. The molecule has 0 fully saturated rings. The predicted octanol–water partition coefficient (Wildman–Crippen LogP) is 1.99. The zero-order valence-electron chi connectivity index (χ0n) is 6.96. The highest BCUT2D eigenvalue weighted by molar-refractivity contribution is 7.79. The molecule has 0 spiro atoms. The molecule has 0 amide bonds. The maximum absolute atomic E-state index is 5.74. The molecule has 1 rings (SSSR count). The second-order valence-corrected chi connectivity index (χ2v) is 2.97. The molecule has 0 unspecified atom stereocenters. The Morgan fingerprint density at radius 2 is 2.25 bits per heavy atom. The van der Waals surface area contributed by atoms with Crippen LogP contribution in [-0.4, -0.2) is 0 Å². The van der Waals surface area contributed by atoms with Gasteiger partial charge in [0.15, 0.2) is 0 Å². The van der Waals surface area contributed by atoms with E-state index >= 15 is 0 Å². The van der Waals surface area contributed by atoms with Crippen molar-refractivity contribution in [1.29, 1.82) is 0 Å². The zero-order valence-corrected chi connectivity index (χ0v) is 7.86. The number of anilines is 1. The lowest BCUT2D eigenvalue weighted by molar-refractivity contribution is 1.31. The topological polar surface area (TPSA) is 26.0 Å². The van der Waals surface area contributed by atoms with Gasteiger partial charge in [0.05, 0.1) is 0 Å². The predicted molar refractivity (Wildman–Crippen MR) is 56.2 cm³/mol. The highest BCUT2D eigenvalue weighted by Crippen LogP contribution is 2.19. The van der Waals surface area contributed by atoms with Crippen molar-refractivity contribution in [2.45, 2.75) is 12.7 Å². The van der Waals surface area contributed by atoms with Gasteiger partial charge in [-0.3, -0.25) is 0 Å². The van der Waals surface area contributed by atoms with Crippen LogP contribution in [0.3, 0.4) is 0 Å². The van der Waals surface area contributed by atoms with Crippen molar-refractivity contribution >= 4 is 18.3 Å². The van der Waals surface area contributed by atoms with Gasteiger partial charge in [-0.1, -0.05) is 5.92 Å². The lowest BCUT2D eigenvalue weighted by atomic mass is 10.0. The lowest BCUT2D eigenvalue weighted by Crippen LogP contribution is -1.95. The molecule has 0 aliphatic rings. The van der Waals surface area contributed by atoms with Gasteiger partial charge in [0.1, 0.15) is 0 Å². The number of terminal acetylenes is 1. The Balaban J connectivity index is 3.31. The molecule has 2 N–H and O–H groups in total. The monoisotopic (exact) mass is 177 g/mol. The van der Waals surface area contributed by atoms with Gasteiger partial charge < -0.3 is 5.73 Å². The van der Waals surface area contributed by atoms with Crippen molar-refractivity contribution in [3.63, 3.8) is 0 Å². The number of nitrogen functional groups attached to an aromatic ring is 1. The summed E-state index contributed by atoms with van der Waals surface area (Å²) in [5, 5.41) is 0. The van der Waals surface area contributed by atoms with E-state index in [0.29, 0.717) is 5.75 Å². The maximum atomic E-state index is 5.74. The van der Waals surface area contributed by atoms with Gasteiger partial charge in [-0.15, -0.1) is 6.42 Å². The quantitative estimate of drug-likeness (QED) is 0.383. The third-order valence-electron chi connectivity index (χ3n) is 1.89. The van der Waals surface area contributed by atoms with E-state index in [0.717, 1.165) is 22.4 Å². The minimum atomic E-state index is 0.672. The molecule has 0 heterocycles. The Hall–Kier alpha value is -1.07. The van der Waals surface area contributed by atoms with E-state index in [1.165, 1.54) is 0 Å². The normalized spacial score (nSPS) is 9.42. The summed E-state index contributed by atoms with van der Waals surface area (Å²) < 4.78 is 0. The number of hydrogen-bond acceptors (Lipinski definition) is 2. The fraction of sp³-hybridized carbons (Fsp3) is 0.200. The molecule has 62 valence electrons. The van der Waals surface area contributed by atoms with Gasteiger partial charge in [-0.2, -0.15) is 12.6 Å². The second-order valence-electron chi connectivity index (χ2n) is 2.65. The molecule has 12 heavy (non-hydrogen) atoms. The minimum absolute atomic E-state index is 0.672. The van der Waals surface area contributed by atoms with E-state index in [1.54, 1.807) is 0 Å². The van der Waals surface area contributed by atoms with Crippen molar-refractivity contribution in [2.75, 3.05) is 5.73 Å². The van der Waals surface area contributed by atoms with Crippen molar-refractivity contribution < 1.29 is 0 Å². The van der Waals surface area contributed by atoms with Crippen LogP contribution < -0.4 is 5.73 Å². The first-order valence-corrected chi connectivity index (χ1v) is 4.28. The van der Waals surface area contributed by atoms with Crippen LogP contribution in [0.15, 0.2) is 12.1 Å². The Kier molecular flexibility index (Phi) is 2.67. The Labute approximate surface area is 78.4 Å². The van der Waals surface area contributed by atoms with E-state index in [2.05, 4.69) is 18.5 Å². The van der Waals surface area contributed by atoms with Crippen molar-refractivity contribution in [3.8, 4) is 12.3 Å². The second kappa shape index (κ2) is 3.55. The minimum Gasteiger partial charge on any atom is -0.398 e. The van der Waals surface area contributed by atoms with Gasteiger partial charge in [-0.25, -0.2) is 0 Å². The molecule has 0 aliphatic heterocycles. The molecule has 1 aromatic rings.